The van der Waals surface area contributed by atoms with Crippen LogP contribution in [0.3, 0.4) is 0 Å². The first-order chi connectivity index (χ1) is 16.2. The van der Waals surface area contributed by atoms with Crippen molar-refractivity contribution in [3.63, 3.8) is 0 Å². The second-order valence-corrected chi connectivity index (χ2v) is 8.41. The molecule has 7 nitrogen and oxygen atoms in total. The number of morpholine rings is 1. The maximum Gasteiger partial charge on any atom is 0.254 e. The van der Waals surface area contributed by atoms with Crippen LogP contribution in [0.4, 0.5) is 5.82 Å². The zero-order chi connectivity index (χ0) is 22.8. The molecule has 3 heterocycles. The van der Waals surface area contributed by atoms with E-state index in [4.69, 9.17) is 19.2 Å². The Kier molecular flexibility index (Phi) is 6.05. The smallest absolute Gasteiger partial charge is 0.254 e. The zero-order valence-corrected chi connectivity index (χ0v) is 19.1. The third-order valence-corrected chi connectivity index (χ3v) is 6.58. The number of rotatable bonds is 5. The third-order valence-electron chi connectivity index (χ3n) is 6.58. The molecule has 1 amide bonds. The van der Waals surface area contributed by atoms with Gasteiger partial charge in [-0.3, -0.25) is 4.79 Å². The van der Waals surface area contributed by atoms with Gasteiger partial charge in [0.2, 0.25) is 0 Å². The molecule has 5 rings (SSSR count). The highest BCUT2D eigenvalue weighted by Gasteiger charge is 2.31. The standard InChI is InChI=1S/C26H29N3O4/c1-31-18-9-10-20(24(16-18)32-2)23-8-5-11-29(23)25-17-21(19-6-3-4-7-22(19)27-25)26(30)28-12-14-33-15-13-28/h3-4,6-7,9-10,16-17,23H,5,8,11-15H2,1-2H3/t23-/m1/s1. The summed E-state index contributed by atoms with van der Waals surface area (Å²) in [5.74, 6) is 2.43. The molecule has 2 fully saturated rings. The Balaban J connectivity index is 1.56. The van der Waals surface area contributed by atoms with Gasteiger partial charge in [0, 0.05) is 36.7 Å². The van der Waals surface area contributed by atoms with E-state index in [1.165, 1.54) is 0 Å². The first kappa shape index (κ1) is 21.5. The van der Waals surface area contributed by atoms with Crippen LogP contribution in [0.1, 0.15) is 34.8 Å². The van der Waals surface area contributed by atoms with Gasteiger partial charge in [-0.2, -0.15) is 0 Å². The van der Waals surface area contributed by atoms with Gasteiger partial charge in [0.05, 0.1) is 44.6 Å². The van der Waals surface area contributed by atoms with Crippen molar-refractivity contribution in [2.45, 2.75) is 18.9 Å². The van der Waals surface area contributed by atoms with E-state index in [9.17, 15) is 4.79 Å². The number of carbonyl (C=O) groups excluding carboxylic acids is 1. The number of fused-ring (bicyclic) bond motifs is 1. The molecular formula is C26H29N3O4. The second kappa shape index (κ2) is 9.27. The Hall–Kier alpha value is -3.32. The highest BCUT2D eigenvalue weighted by molar-refractivity contribution is 6.07. The first-order valence-corrected chi connectivity index (χ1v) is 11.4. The summed E-state index contributed by atoms with van der Waals surface area (Å²) >= 11 is 0. The first-order valence-electron chi connectivity index (χ1n) is 11.4. The SMILES string of the molecule is COc1ccc([C@H]2CCCN2c2cc(C(=O)N3CCOCC3)c3ccccc3n2)c(OC)c1. The average Bonchev–Trinajstić information content (AvgIpc) is 3.37. The number of hydrogen-bond donors (Lipinski definition) is 0. The number of aromatic nitrogens is 1. The van der Waals surface area contributed by atoms with Gasteiger partial charge in [0.25, 0.3) is 5.91 Å². The van der Waals surface area contributed by atoms with E-state index in [0.29, 0.717) is 31.9 Å². The number of nitrogens with zero attached hydrogens (tertiary/aromatic N) is 3. The lowest BCUT2D eigenvalue weighted by atomic mass is 10.0. The van der Waals surface area contributed by atoms with Gasteiger partial charge in [-0.15, -0.1) is 0 Å². The van der Waals surface area contributed by atoms with E-state index in [0.717, 1.165) is 53.2 Å². The van der Waals surface area contributed by atoms with Crippen molar-refractivity contribution in [2.75, 3.05) is 52.0 Å². The number of methoxy groups -OCH3 is 2. The Labute approximate surface area is 193 Å². The van der Waals surface area contributed by atoms with Crippen molar-refractivity contribution in [1.82, 2.24) is 9.88 Å². The fourth-order valence-corrected chi connectivity index (χ4v) is 4.88. The molecular weight excluding hydrogens is 418 g/mol. The van der Waals surface area contributed by atoms with Crippen LogP contribution in [0.5, 0.6) is 11.5 Å². The average molecular weight is 448 g/mol. The fourth-order valence-electron chi connectivity index (χ4n) is 4.88. The fraction of sp³-hybridized carbons (Fsp3) is 0.385. The van der Waals surface area contributed by atoms with Crippen LogP contribution in [-0.4, -0.2) is 62.9 Å². The molecule has 0 radical (unpaired) electrons. The van der Waals surface area contributed by atoms with Crippen molar-refractivity contribution in [2.24, 2.45) is 0 Å². The molecule has 33 heavy (non-hydrogen) atoms. The summed E-state index contributed by atoms with van der Waals surface area (Å²) in [4.78, 5) is 22.6. The molecule has 7 heteroatoms. The summed E-state index contributed by atoms with van der Waals surface area (Å²) in [5, 5.41) is 0.885. The zero-order valence-electron chi connectivity index (χ0n) is 19.1. The Morgan fingerprint density at radius 2 is 1.85 bits per heavy atom. The lowest BCUT2D eigenvalue weighted by molar-refractivity contribution is 0.0304. The summed E-state index contributed by atoms with van der Waals surface area (Å²) in [6, 6.07) is 15.9. The molecule has 2 saturated heterocycles. The number of benzene rings is 2. The van der Waals surface area contributed by atoms with E-state index in [-0.39, 0.29) is 11.9 Å². The number of para-hydroxylation sites is 1. The van der Waals surface area contributed by atoms with Gasteiger partial charge >= 0.3 is 0 Å². The number of carbonyl (C=O) groups is 1. The molecule has 0 saturated carbocycles. The number of anilines is 1. The lowest BCUT2D eigenvalue weighted by Gasteiger charge is -2.30. The normalized spacial score (nSPS) is 18.5. The predicted octanol–water partition coefficient (Wildman–Crippen LogP) is 4.07. The van der Waals surface area contributed by atoms with Crippen LogP contribution in [0.25, 0.3) is 10.9 Å². The minimum absolute atomic E-state index is 0.0379. The molecule has 0 N–H and O–H groups in total. The van der Waals surface area contributed by atoms with E-state index < -0.39 is 0 Å². The van der Waals surface area contributed by atoms with E-state index in [2.05, 4.69) is 11.0 Å². The van der Waals surface area contributed by atoms with Gasteiger partial charge in [0.1, 0.15) is 17.3 Å². The summed E-state index contributed by atoms with van der Waals surface area (Å²) in [6.07, 6.45) is 2.03. The monoisotopic (exact) mass is 447 g/mol. The van der Waals surface area contributed by atoms with Crippen molar-refractivity contribution in [3.8, 4) is 11.5 Å². The van der Waals surface area contributed by atoms with Crippen LogP contribution >= 0.6 is 0 Å². The molecule has 0 unspecified atom stereocenters. The van der Waals surface area contributed by atoms with Gasteiger partial charge < -0.3 is 24.0 Å². The highest BCUT2D eigenvalue weighted by Crippen LogP contribution is 2.41. The summed E-state index contributed by atoms with van der Waals surface area (Å²) in [6.45, 7) is 3.25. The molecule has 1 aromatic heterocycles. The molecule has 2 aliphatic heterocycles. The molecule has 1 atom stereocenters. The molecule has 2 aliphatic rings. The second-order valence-electron chi connectivity index (χ2n) is 8.41. The topological polar surface area (TPSA) is 64.1 Å². The van der Waals surface area contributed by atoms with Gasteiger partial charge in [-0.25, -0.2) is 4.98 Å². The summed E-state index contributed by atoms with van der Waals surface area (Å²) in [5.41, 5.74) is 2.63. The number of amides is 1. The molecule has 3 aromatic rings. The summed E-state index contributed by atoms with van der Waals surface area (Å²) in [7, 11) is 3.34. The van der Waals surface area contributed by atoms with Gasteiger partial charge in [-0.1, -0.05) is 18.2 Å². The minimum Gasteiger partial charge on any atom is -0.497 e. The van der Waals surface area contributed by atoms with Gasteiger partial charge in [-0.05, 0) is 37.1 Å². The Morgan fingerprint density at radius 1 is 1.03 bits per heavy atom. The molecule has 0 spiro atoms. The molecule has 172 valence electrons. The lowest BCUT2D eigenvalue weighted by Crippen LogP contribution is -2.40. The Morgan fingerprint density at radius 3 is 2.64 bits per heavy atom. The third kappa shape index (κ3) is 4.09. The number of ether oxygens (including phenoxy) is 3. The largest absolute Gasteiger partial charge is 0.497 e. The Bertz CT molecular complexity index is 1160. The van der Waals surface area contributed by atoms with Crippen LogP contribution < -0.4 is 14.4 Å². The summed E-state index contributed by atoms with van der Waals surface area (Å²) < 4.78 is 16.5. The van der Waals surface area contributed by atoms with Crippen LogP contribution in [0.2, 0.25) is 0 Å². The van der Waals surface area contributed by atoms with E-state index >= 15 is 0 Å². The maximum atomic E-state index is 13.5. The highest BCUT2D eigenvalue weighted by atomic mass is 16.5. The van der Waals surface area contributed by atoms with Crippen LogP contribution in [0, 0.1) is 0 Å². The van der Waals surface area contributed by atoms with Gasteiger partial charge in [0.15, 0.2) is 0 Å². The number of hydrogen-bond acceptors (Lipinski definition) is 6. The van der Waals surface area contributed by atoms with Crippen molar-refractivity contribution in [3.05, 3.63) is 59.7 Å². The van der Waals surface area contributed by atoms with Crippen molar-refractivity contribution >= 4 is 22.6 Å². The van der Waals surface area contributed by atoms with Crippen molar-refractivity contribution < 1.29 is 19.0 Å². The van der Waals surface area contributed by atoms with Crippen molar-refractivity contribution in [1.29, 1.82) is 0 Å². The van der Waals surface area contributed by atoms with Crippen LogP contribution in [0.15, 0.2) is 48.5 Å². The molecule has 2 aromatic carbocycles. The maximum absolute atomic E-state index is 13.5. The van der Waals surface area contributed by atoms with E-state index in [1.807, 2.05) is 47.4 Å². The van der Waals surface area contributed by atoms with Crippen LogP contribution in [-0.2, 0) is 4.74 Å². The van der Waals surface area contributed by atoms with E-state index in [1.54, 1.807) is 14.2 Å². The molecule has 0 aliphatic carbocycles. The quantitative estimate of drug-likeness (QED) is 0.588. The predicted molar refractivity (Wildman–Crippen MR) is 127 cm³/mol. The number of pyridine rings is 1. The molecule has 0 bridgehead atoms. The minimum atomic E-state index is 0.0379.